The predicted octanol–water partition coefficient (Wildman–Crippen LogP) is 5.04. The molecule has 1 aromatic carbocycles. The summed E-state index contributed by atoms with van der Waals surface area (Å²) in [5, 5.41) is 14.1. The molecule has 38 heavy (non-hydrogen) atoms. The van der Waals surface area contributed by atoms with Crippen LogP contribution < -0.4 is 9.64 Å². The Morgan fingerprint density at radius 2 is 2.00 bits per heavy atom. The number of hydrogen-bond acceptors (Lipinski definition) is 7. The molecule has 0 radical (unpaired) electrons. The number of carboxylic acid groups (broad SMARTS) is 1. The molecule has 0 saturated carbocycles. The van der Waals surface area contributed by atoms with Gasteiger partial charge in [0.05, 0.1) is 28.5 Å². The van der Waals surface area contributed by atoms with Gasteiger partial charge in [-0.25, -0.2) is 9.78 Å². The van der Waals surface area contributed by atoms with Gasteiger partial charge in [-0.1, -0.05) is 11.2 Å². The Morgan fingerprint density at radius 1 is 1.18 bits per heavy atom. The van der Waals surface area contributed by atoms with Crippen molar-refractivity contribution in [1.82, 2.24) is 24.6 Å². The van der Waals surface area contributed by atoms with Crippen molar-refractivity contribution >= 4 is 23.1 Å². The molecular weight excluding hydrogens is 484 g/mol. The summed E-state index contributed by atoms with van der Waals surface area (Å²) in [5.74, 6) is 2.29. The van der Waals surface area contributed by atoms with Gasteiger partial charge in [0.15, 0.2) is 5.75 Å². The number of nitrogens with zero attached hydrogens (tertiary/aromatic N) is 6. The van der Waals surface area contributed by atoms with Crippen LogP contribution in [-0.2, 0) is 0 Å². The van der Waals surface area contributed by atoms with Crippen LogP contribution in [-0.4, -0.2) is 67.1 Å². The van der Waals surface area contributed by atoms with E-state index >= 15 is 0 Å². The van der Waals surface area contributed by atoms with Crippen LogP contribution in [0.2, 0.25) is 0 Å². The van der Waals surface area contributed by atoms with Crippen molar-refractivity contribution in [2.45, 2.75) is 58.7 Å². The smallest absolute Gasteiger partial charge is 0.408 e. The van der Waals surface area contributed by atoms with E-state index in [0.717, 1.165) is 57.4 Å². The van der Waals surface area contributed by atoms with Gasteiger partial charge in [-0.3, -0.25) is 14.5 Å². The van der Waals surface area contributed by atoms with Gasteiger partial charge in [0, 0.05) is 30.4 Å². The lowest BCUT2D eigenvalue weighted by molar-refractivity contribution is 0.0762. The second-order valence-electron chi connectivity index (χ2n) is 11.1. The second-order valence-corrected chi connectivity index (χ2v) is 11.1. The molecule has 4 aromatic rings. The van der Waals surface area contributed by atoms with Gasteiger partial charge < -0.3 is 19.3 Å². The highest BCUT2D eigenvalue weighted by molar-refractivity contribution is 5.94. The quantitative estimate of drug-likeness (QED) is 0.402. The number of rotatable bonds is 4. The Bertz CT molecular complexity index is 1500. The standard InChI is InChI=1S/C28H32N6O4/c1-16-23(17(2)38-31-16)19-9-10-21-24-25(19)37-15-22(20-8-6-7-12-29-20)33(24)26(30-21)32-13-11-18(14-32)34(27(35)36)28(3,4)5/h6-10,12,18,22H,11,13-15H2,1-5H3,(H,35,36)/t18-,22-/m1/s1. The summed E-state index contributed by atoms with van der Waals surface area (Å²) in [6, 6.07) is 9.60. The van der Waals surface area contributed by atoms with Crippen LogP contribution in [0.1, 0.15) is 50.4 Å². The summed E-state index contributed by atoms with van der Waals surface area (Å²) in [6.07, 6.45) is 1.62. The number of anilines is 1. The van der Waals surface area contributed by atoms with Gasteiger partial charge in [0.2, 0.25) is 5.95 Å². The fourth-order valence-electron chi connectivity index (χ4n) is 6.03. The van der Waals surface area contributed by atoms with Crippen LogP contribution in [0, 0.1) is 13.8 Å². The summed E-state index contributed by atoms with van der Waals surface area (Å²) in [4.78, 5) is 25.7. The summed E-state index contributed by atoms with van der Waals surface area (Å²) in [7, 11) is 0. The maximum atomic E-state index is 12.2. The van der Waals surface area contributed by atoms with E-state index in [1.807, 2.05) is 65.0 Å². The summed E-state index contributed by atoms with van der Waals surface area (Å²) in [5.41, 5.74) is 4.76. The first-order valence-corrected chi connectivity index (χ1v) is 12.9. The van der Waals surface area contributed by atoms with Crippen LogP contribution >= 0.6 is 0 Å². The van der Waals surface area contributed by atoms with Crippen LogP contribution in [0.4, 0.5) is 10.7 Å². The number of amides is 1. The van der Waals surface area contributed by atoms with E-state index < -0.39 is 11.6 Å². The van der Waals surface area contributed by atoms with Crippen molar-refractivity contribution in [3.63, 3.8) is 0 Å². The number of carbonyl (C=O) groups is 1. The monoisotopic (exact) mass is 516 g/mol. The Labute approximate surface area is 220 Å². The van der Waals surface area contributed by atoms with Gasteiger partial charge in [-0.2, -0.15) is 0 Å². The molecule has 0 bridgehead atoms. The molecule has 198 valence electrons. The Morgan fingerprint density at radius 3 is 2.66 bits per heavy atom. The normalized spacial score (nSPS) is 19.1. The number of ether oxygens (including phenoxy) is 1. The number of imidazole rings is 1. The average molecular weight is 517 g/mol. The number of aryl methyl sites for hydroxylation is 2. The zero-order valence-corrected chi connectivity index (χ0v) is 22.3. The second kappa shape index (κ2) is 8.75. The largest absolute Gasteiger partial charge is 0.488 e. The number of benzene rings is 1. The molecule has 2 aliphatic rings. The van der Waals surface area contributed by atoms with Crippen LogP contribution in [0.25, 0.3) is 22.2 Å². The fourth-order valence-corrected chi connectivity index (χ4v) is 6.03. The van der Waals surface area contributed by atoms with Gasteiger partial charge in [0.1, 0.15) is 23.9 Å². The number of aromatic nitrogens is 4. The molecule has 6 rings (SSSR count). The lowest BCUT2D eigenvalue weighted by Crippen LogP contribution is -2.52. The summed E-state index contributed by atoms with van der Waals surface area (Å²) < 4.78 is 14.2. The van der Waals surface area contributed by atoms with Gasteiger partial charge in [0.25, 0.3) is 0 Å². The van der Waals surface area contributed by atoms with Crippen molar-refractivity contribution in [2.24, 2.45) is 0 Å². The van der Waals surface area contributed by atoms with Crippen molar-refractivity contribution in [1.29, 1.82) is 0 Å². The van der Waals surface area contributed by atoms with Crippen LogP contribution in [0.3, 0.4) is 0 Å². The molecule has 10 heteroatoms. The third-order valence-corrected chi connectivity index (χ3v) is 7.56. The highest BCUT2D eigenvalue weighted by Gasteiger charge is 2.40. The van der Waals surface area contributed by atoms with Gasteiger partial charge in [-0.05, 0) is 65.3 Å². The Kier molecular flexibility index (Phi) is 5.59. The topological polar surface area (TPSA) is 110 Å². The molecule has 1 saturated heterocycles. The average Bonchev–Trinajstić information content (AvgIpc) is 3.58. The number of hydrogen-bond donors (Lipinski definition) is 1. The van der Waals surface area contributed by atoms with Crippen molar-refractivity contribution in [2.75, 3.05) is 24.6 Å². The highest BCUT2D eigenvalue weighted by atomic mass is 16.5. The Balaban J connectivity index is 1.51. The maximum absolute atomic E-state index is 12.2. The number of pyridine rings is 1. The lowest BCUT2D eigenvalue weighted by Gasteiger charge is -2.38. The van der Waals surface area contributed by atoms with Crippen molar-refractivity contribution in [3.05, 3.63) is 53.7 Å². The van der Waals surface area contributed by atoms with Crippen LogP contribution in [0.15, 0.2) is 41.1 Å². The first kappa shape index (κ1) is 24.3. The summed E-state index contributed by atoms with van der Waals surface area (Å²) >= 11 is 0. The molecule has 3 aromatic heterocycles. The minimum atomic E-state index is -0.898. The molecule has 5 heterocycles. The van der Waals surface area contributed by atoms with E-state index in [9.17, 15) is 9.90 Å². The Hall–Kier alpha value is -4.08. The molecule has 0 aliphatic carbocycles. The molecule has 1 fully saturated rings. The zero-order chi connectivity index (χ0) is 26.8. The predicted molar refractivity (Wildman–Crippen MR) is 143 cm³/mol. The lowest BCUT2D eigenvalue weighted by atomic mass is 10.0. The van der Waals surface area contributed by atoms with Crippen molar-refractivity contribution < 1.29 is 19.2 Å². The molecule has 10 nitrogen and oxygen atoms in total. The fraction of sp³-hybridized carbons (Fsp3) is 0.429. The zero-order valence-electron chi connectivity index (χ0n) is 22.3. The van der Waals surface area contributed by atoms with E-state index in [-0.39, 0.29) is 12.1 Å². The molecule has 2 atom stereocenters. The first-order chi connectivity index (χ1) is 18.1. The third kappa shape index (κ3) is 3.77. The molecule has 1 amide bonds. The minimum absolute atomic E-state index is 0.134. The highest BCUT2D eigenvalue weighted by Crippen LogP contribution is 2.46. The van der Waals surface area contributed by atoms with Crippen molar-refractivity contribution in [3.8, 4) is 16.9 Å². The van der Waals surface area contributed by atoms with E-state index in [1.165, 1.54) is 0 Å². The third-order valence-electron chi connectivity index (χ3n) is 7.56. The van der Waals surface area contributed by atoms with E-state index in [1.54, 1.807) is 11.1 Å². The van der Waals surface area contributed by atoms with E-state index in [2.05, 4.69) is 19.6 Å². The van der Waals surface area contributed by atoms with Gasteiger partial charge in [-0.15, -0.1) is 0 Å². The van der Waals surface area contributed by atoms with Crippen LogP contribution in [0.5, 0.6) is 5.75 Å². The SMILES string of the molecule is Cc1noc(C)c1-c1ccc2nc(N3CC[C@@H](N(C(=O)O)C(C)(C)C)C3)n3c2c1OC[C@@H]3c1ccccn1. The minimum Gasteiger partial charge on any atom is -0.488 e. The van der Waals surface area contributed by atoms with E-state index in [0.29, 0.717) is 19.7 Å². The molecule has 1 N–H and O–H groups in total. The molecule has 0 unspecified atom stereocenters. The maximum Gasteiger partial charge on any atom is 0.408 e. The first-order valence-electron chi connectivity index (χ1n) is 12.9. The molecule has 0 spiro atoms. The van der Waals surface area contributed by atoms with Gasteiger partial charge >= 0.3 is 6.09 Å². The molecular formula is C28H32N6O4. The van der Waals surface area contributed by atoms with E-state index in [4.69, 9.17) is 14.2 Å². The molecule has 2 aliphatic heterocycles. The summed E-state index contributed by atoms with van der Waals surface area (Å²) in [6.45, 7) is 11.3.